The van der Waals surface area contributed by atoms with Crippen LogP contribution in [0.4, 0.5) is 0 Å². The lowest BCUT2D eigenvalue weighted by Gasteiger charge is -2.00. The van der Waals surface area contributed by atoms with Gasteiger partial charge < -0.3 is 0 Å². The number of aryl methyl sites for hydroxylation is 2. The van der Waals surface area contributed by atoms with Gasteiger partial charge in [-0.3, -0.25) is 0 Å². The Bertz CT molecular complexity index is 191. The fourth-order valence-corrected chi connectivity index (χ4v) is 0.819. The van der Waals surface area contributed by atoms with Gasteiger partial charge in [0.05, 0.1) is 0 Å². The highest BCUT2D eigenvalue weighted by atomic mass is 14.0. The third kappa shape index (κ3) is 1.13. The zero-order valence-electron chi connectivity index (χ0n) is 6.15. The largest absolute Gasteiger partial charge is 0.0512 e. The van der Waals surface area contributed by atoms with E-state index in [1.54, 1.807) is 0 Å². The molecule has 0 N–H and O–H groups in total. The lowest BCUT2D eigenvalue weighted by atomic mass is 10.1. The zero-order chi connectivity index (χ0) is 6.85. The average Bonchev–Trinajstić information content (AvgIpc) is 1.83. The quantitative estimate of drug-likeness (QED) is 0.492. The molecule has 0 spiro atoms. The van der Waals surface area contributed by atoms with Crippen LogP contribution >= 0.6 is 0 Å². The van der Waals surface area contributed by atoms with Gasteiger partial charge in [0.1, 0.15) is 0 Å². The fourth-order valence-electron chi connectivity index (χ4n) is 0.819. The molecule has 9 heavy (non-hydrogen) atoms. The number of benzene rings is 1. The molecule has 1 radical (unpaired) electrons. The van der Waals surface area contributed by atoms with E-state index in [-0.39, 0.29) is 0 Å². The monoisotopic (exact) mass is 119 g/mol. The highest BCUT2D eigenvalue weighted by Gasteiger charge is 1.92. The minimum Gasteiger partial charge on any atom is -0.0512 e. The molecule has 0 unspecified atom stereocenters. The Labute approximate surface area is 56.5 Å². The summed E-state index contributed by atoms with van der Waals surface area (Å²) in [5, 5.41) is 0. The summed E-state index contributed by atoms with van der Waals surface area (Å²) in [5.41, 5.74) is 4.04. The van der Waals surface area contributed by atoms with Crippen molar-refractivity contribution < 1.29 is 0 Å². The molecule has 0 nitrogen and oxygen atoms in total. The molecule has 0 saturated heterocycles. The van der Waals surface area contributed by atoms with Crippen LogP contribution in [0.1, 0.15) is 16.7 Å². The van der Waals surface area contributed by atoms with Gasteiger partial charge in [-0.15, -0.1) is 0 Å². The maximum absolute atomic E-state index is 3.07. The summed E-state index contributed by atoms with van der Waals surface area (Å²) in [6, 6.07) is 7.10. The molecular weight excluding hydrogens is 108 g/mol. The summed E-state index contributed by atoms with van der Waals surface area (Å²) in [5.74, 6) is 0. The molecule has 0 fully saturated rings. The van der Waals surface area contributed by atoms with Crippen molar-refractivity contribution in [1.82, 2.24) is 0 Å². The van der Waals surface area contributed by atoms with Crippen LogP contribution < -0.4 is 0 Å². The Kier molecular flexibility index (Phi) is 1.56. The fraction of sp³-hybridized carbons (Fsp3) is 0.333. The smallest absolute Gasteiger partial charge is 0.0178 e. The highest BCUT2D eigenvalue weighted by Crippen LogP contribution is 2.09. The van der Waals surface area contributed by atoms with E-state index in [2.05, 4.69) is 26.8 Å². The van der Waals surface area contributed by atoms with Crippen molar-refractivity contribution in [3.05, 3.63) is 34.9 Å². The Balaban J connectivity index is 3.25. The van der Waals surface area contributed by atoms with E-state index in [0.717, 1.165) is 0 Å². The third-order valence-electron chi connectivity index (χ3n) is 1.78. The predicted molar refractivity (Wildman–Crippen MR) is 39.5 cm³/mol. The topological polar surface area (TPSA) is 0 Å². The van der Waals surface area contributed by atoms with Gasteiger partial charge in [0.15, 0.2) is 0 Å². The van der Waals surface area contributed by atoms with Crippen LogP contribution in [-0.2, 0) is 0 Å². The molecule has 0 saturated carbocycles. The minimum absolute atomic E-state index is 1.33. The SMILES string of the molecule is Cc1c[c]cc(C)c1C. The minimum atomic E-state index is 1.33. The van der Waals surface area contributed by atoms with Gasteiger partial charge in [0.2, 0.25) is 0 Å². The van der Waals surface area contributed by atoms with Crippen LogP contribution in [0, 0.1) is 26.8 Å². The molecular formula is C9H11. The molecule has 0 heterocycles. The molecule has 47 valence electrons. The number of hydrogen-bond acceptors (Lipinski definition) is 0. The first-order chi connectivity index (χ1) is 4.22. The van der Waals surface area contributed by atoms with Crippen molar-refractivity contribution in [1.29, 1.82) is 0 Å². The summed E-state index contributed by atoms with van der Waals surface area (Å²) in [6.45, 7) is 6.36. The van der Waals surface area contributed by atoms with Gasteiger partial charge in [0.25, 0.3) is 0 Å². The first-order valence-corrected chi connectivity index (χ1v) is 3.15. The predicted octanol–water partition coefficient (Wildman–Crippen LogP) is 2.41. The Morgan fingerprint density at radius 1 is 1.00 bits per heavy atom. The lowest BCUT2D eigenvalue weighted by molar-refractivity contribution is 1.26. The van der Waals surface area contributed by atoms with Crippen molar-refractivity contribution in [2.75, 3.05) is 0 Å². The first-order valence-electron chi connectivity index (χ1n) is 3.15. The van der Waals surface area contributed by atoms with Crippen LogP contribution in [0.15, 0.2) is 12.1 Å². The van der Waals surface area contributed by atoms with Crippen LogP contribution in [-0.4, -0.2) is 0 Å². The van der Waals surface area contributed by atoms with Crippen molar-refractivity contribution in [3.63, 3.8) is 0 Å². The van der Waals surface area contributed by atoms with E-state index < -0.39 is 0 Å². The van der Waals surface area contributed by atoms with Gasteiger partial charge in [-0.1, -0.05) is 12.1 Å². The van der Waals surface area contributed by atoms with Crippen LogP contribution in [0.25, 0.3) is 0 Å². The van der Waals surface area contributed by atoms with Crippen LogP contribution in [0.2, 0.25) is 0 Å². The summed E-state index contributed by atoms with van der Waals surface area (Å²) >= 11 is 0. The van der Waals surface area contributed by atoms with Gasteiger partial charge in [0, 0.05) is 0 Å². The molecule has 0 heteroatoms. The second kappa shape index (κ2) is 2.22. The van der Waals surface area contributed by atoms with Gasteiger partial charge >= 0.3 is 0 Å². The summed E-state index contributed by atoms with van der Waals surface area (Å²) in [7, 11) is 0. The Hall–Kier alpha value is -0.780. The summed E-state index contributed by atoms with van der Waals surface area (Å²) in [6.07, 6.45) is 0. The number of hydrogen-bond donors (Lipinski definition) is 0. The molecule has 0 amide bonds. The Morgan fingerprint density at radius 2 is 1.44 bits per heavy atom. The normalized spacial score (nSPS) is 9.67. The van der Waals surface area contributed by atoms with E-state index in [4.69, 9.17) is 0 Å². The molecule has 1 rings (SSSR count). The molecule has 1 aromatic rings. The maximum atomic E-state index is 3.07. The summed E-state index contributed by atoms with van der Waals surface area (Å²) < 4.78 is 0. The summed E-state index contributed by atoms with van der Waals surface area (Å²) in [4.78, 5) is 0. The third-order valence-corrected chi connectivity index (χ3v) is 1.78. The molecule has 0 aliphatic carbocycles. The molecule has 0 bridgehead atoms. The molecule has 0 atom stereocenters. The molecule has 0 aliphatic rings. The van der Waals surface area contributed by atoms with E-state index in [1.807, 2.05) is 12.1 Å². The second-order valence-electron chi connectivity index (χ2n) is 2.45. The van der Waals surface area contributed by atoms with E-state index in [0.29, 0.717) is 0 Å². The first kappa shape index (κ1) is 6.34. The van der Waals surface area contributed by atoms with E-state index in [1.165, 1.54) is 16.7 Å². The van der Waals surface area contributed by atoms with Crippen LogP contribution in [0.3, 0.4) is 0 Å². The molecule has 0 aliphatic heterocycles. The van der Waals surface area contributed by atoms with E-state index >= 15 is 0 Å². The molecule has 0 aromatic heterocycles. The maximum Gasteiger partial charge on any atom is -0.0178 e. The van der Waals surface area contributed by atoms with Crippen molar-refractivity contribution in [2.24, 2.45) is 0 Å². The highest BCUT2D eigenvalue weighted by molar-refractivity contribution is 5.30. The van der Waals surface area contributed by atoms with Crippen molar-refractivity contribution >= 4 is 0 Å². The van der Waals surface area contributed by atoms with E-state index in [9.17, 15) is 0 Å². The van der Waals surface area contributed by atoms with Crippen molar-refractivity contribution in [2.45, 2.75) is 20.8 Å². The van der Waals surface area contributed by atoms with Gasteiger partial charge in [-0.05, 0) is 43.5 Å². The van der Waals surface area contributed by atoms with Crippen molar-refractivity contribution in [3.8, 4) is 0 Å². The second-order valence-corrected chi connectivity index (χ2v) is 2.45. The van der Waals surface area contributed by atoms with Gasteiger partial charge in [-0.25, -0.2) is 0 Å². The van der Waals surface area contributed by atoms with Crippen LogP contribution in [0.5, 0.6) is 0 Å². The zero-order valence-corrected chi connectivity index (χ0v) is 6.15. The molecule has 1 aromatic carbocycles. The number of rotatable bonds is 0. The van der Waals surface area contributed by atoms with Gasteiger partial charge in [-0.2, -0.15) is 0 Å². The average molecular weight is 119 g/mol. The standard InChI is InChI=1S/C9H11/c1-7-5-4-6-8(2)9(7)3/h5-6H,1-3H3. The Morgan fingerprint density at radius 3 is 1.78 bits per heavy atom. The lowest BCUT2D eigenvalue weighted by Crippen LogP contribution is -1.83.